The molecule has 2 heterocycles. The summed E-state index contributed by atoms with van der Waals surface area (Å²) in [5.41, 5.74) is -1.07. The van der Waals surface area contributed by atoms with Crippen LogP contribution in [0.25, 0.3) is 11.1 Å². The van der Waals surface area contributed by atoms with Gasteiger partial charge in [0.1, 0.15) is 17.2 Å². The molecule has 3 rings (SSSR count). The first-order chi connectivity index (χ1) is 15.0. The van der Waals surface area contributed by atoms with Gasteiger partial charge in [-0.05, 0) is 58.2 Å². The average molecular weight is 450 g/mol. The van der Waals surface area contributed by atoms with Gasteiger partial charge in [0.05, 0.1) is 6.20 Å². The lowest BCUT2D eigenvalue weighted by Gasteiger charge is -2.30. The van der Waals surface area contributed by atoms with E-state index in [-0.39, 0.29) is 28.9 Å². The van der Waals surface area contributed by atoms with E-state index in [9.17, 15) is 22.8 Å². The lowest BCUT2D eigenvalue weighted by Crippen LogP contribution is -2.43. The molecule has 0 aromatic carbocycles. The van der Waals surface area contributed by atoms with E-state index in [1.807, 2.05) is 0 Å². The highest BCUT2D eigenvalue weighted by molar-refractivity contribution is 5.92. The third-order valence-electron chi connectivity index (χ3n) is 4.98. The van der Waals surface area contributed by atoms with Gasteiger partial charge >= 0.3 is 6.09 Å². The number of halogens is 3. The summed E-state index contributed by atoms with van der Waals surface area (Å²) in [6.07, 6.45) is 2.79. The summed E-state index contributed by atoms with van der Waals surface area (Å²) >= 11 is 0. The number of alkyl carbamates (subject to hydrolysis) is 1. The molecular formula is C22H25F3N4O3. The fraction of sp³-hybridized carbons (Fsp3) is 0.455. The standard InChI is InChI=1S/C22H25F3N4O3/c1-22(2,3)32-21(31)27-13-6-4-5-12(9-13)20(30)29-18-10-15(16(23)11-26-18)14-7-8-17(24)28-19(14)25/h7-8,10-13H,4-6,9H2,1-3H3,(H,27,31)(H,26,29,30). The molecule has 1 fully saturated rings. The van der Waals surface area contributed by atoms with E-state index in [1.165, 1.54) is 6.07 Å². The lowest BCUT2D eigenvalue weighted by molar-refractivity contribution is -0.121. The van der Waals surface area contributed by atoms with Crippen molar-refractivity contribution in [1.29, 1.82) is 0 Å². The molecule has 1 aliphatic rings. The van der Waals surface area contributed by atoms with Crippen LogP contribution in [0.3, 0.4) is 0 Å². The van der Waals surface area contributed by atoms with E-state index < -0.39 is 35.3 Å². The number of hydrogen-bond acceptors (Lipinski definition) is 5. The summed E-state index contributed by atoms with van der Waals surface area (Å²) in [5.74, 6) is -3.75. The number of nitrogens with one attached hydrogen (secondary N) is 2. The van der Waals surface area contributed by atoms with Crippen molar-refractivity contribution in [2.24, 2.45) is 5.92 Å². The van der Waals surface area contributed by atoms with Crippen LogP contribution in [-0.2, 0) is 9.53 Å². The number of pyridine rings is 2. The molecular weight excluding hydrogens is 425 g/mol. The zero-order valence-electron chi connectivity index (χ0n) is 18.0. The van der Waals surface area contributed by atoms with Gasteiger partial charge in [-0.1, -0.05) is 6.42 Å². The van der Waals surface area contributed by atoms with Crippen LogP contribution in [-0.4, -0.2) is 33.6 Å². The van der Waals surface area contributed by atoms with Crippen molar-refractivity contribution < 1.29 is 27.5 Å². The highest BCUT2D eigenvalue weighted by atomic mass is 19.1. The van der Waals surface area contributed by atoms with E-state index in [0.29, 0.717) is 12.8 Å². The molecule has 32 heavy (non-hydrogen) atoms. The number of nitrogens with zero attached hydrogens (tertiary/aromatic N) is 2. The third kappa shape index (κ3) is 6.18. The summed E-state index contributed by atoms with van der Waals surface area (Å²) in [7, 11) is 0. The average Bonchev–Trinajstić information content (AvgIpc) is 2.68. The second-order valence-electron chi connectivity index (χ2n) is 8.72. The van der Waals surface area contributed by atoms with Gasteiger partial charge in [0, 0.05) is 23.1 Å². The maximum Gasteiger partial charge on any atom is 0.407 e. The number of carbonyl (C=O) groups excluding carboxylic acids is 2. The van der Waals surface area contributed by atoms with Crippen molar-refractivity contribution in [3.8, 4) is 11.1 Å². The quantitative estimate of drug-likeness (QED) is 0.665. The number of amides is 2. The summed E-state index contributed by atoms with van der Waals surface area (Å²) in [6.45, 7) is 5.30. The summed E-state index contributed by atoms with van der Waals surface area (Å²) in [5, 5.41) is 5.40. The Morgan fingerprint density at radius 3 is 2.56 bits per heavy atom. The third-order valence-corrected chi connectivity index (χ3v) is 4.98. The van der Waals surface area contributed by atoms with Crippen LogP contribution in [0.4, 0.5) is 23.8 Å². The summed E-state index contributed by atoms with van der Waals surface area (Å²) in [6, 6.07) is 2.93. The fourth-order valence-electron chi connectivity index (χ4n) is 3.59. The largest absolute Gasteiger partial charge is 0.444 e. The molecule has 7 nitrogen and oxygen atoms in total. The first-order valence-corrected chi connectivity index (χ1v) is 10.3. The SMILES string of the molecule is CC(C)(C)OC(=O)NC1CCCC(C(=O)Nc2cc(-c3ccc(F)nc3F)c(F)cn2)C1. The Balaban J connectivity index is 1.67. The van der Waals surface area contributed by atoms with Crippen LogP contribution in [0, 0.1) is 23.6 Å². The van der Waals surface area contributed by atoms with Crippen LogP contribution >= 0.6 is 0 Å². The van der Waals surface area contributed by atoms with Crippen LogP contribution in [0.2, 0.25) is 0 Å². The van der Waals surface area contributed by atoms with Crippen LogP contribution in [0.5, 0.6) is 0 Å². The molecule has 0 spiro atoms. The number of carbonyl (C=O) groups is 2. The minimum absolute atomic E-state index is 0.0253. The second kappa shape index (κ2) is 9.54. The van der Waals surface area contributed by atoms with Gasteiger partial charge in [-0.2, -0.15) is 13.8 Å². The molecule has 2 amide bonds. The molecule has 0 aliphatic heterocycles. The van der Waals surface area contributed by atoms with Crippen molar-refractivity contribution in [3.05, 3.63) is 42.1 Å². The maximum atomic E-state index is 14.2. The molecule has 0 radical (unpaired) electrons. The number of rotatable bonds is 4. The zero-order chi connectivity index (χ0) is 23.5. The predicted octanol–water partition coefficient (Wildman–Crippen LogP) is 4.58. The molecule has 2 N–H and O–H groups in total. The maximum absolute atomic E-state index is 14.2. The van der Waals surface area contributed by atoms with E-state index in [0.717, 1.165) is 31.2 Å². The fourth-order valence-corrected chi connectivity index (χ4v) is 3.59. The Bertz CT molecular complexity index is 1010. The lowest BCUT2D eigenvalue weighted by atomic mass is 9.85. The highest BCUT2D eigenvalue weighted by Crippen LogP contribution is 2.29. The molecule has 0 saturated heterocycles. The van der Waals surface area contributed by atoms with Gasteiger partial charge < -0.3 is 15.4 Å². The van der Waals surface area contributed by atoms with Crippen LogP contribution < -0.4 is 10.6 Å². The zero-order valence-corrected chi connectivity index (χ0v) is 18.0. The molecule has 1 aliphatic carbocycles. The van der Waals surface area contributed by atoms with Crippen molar-refractivity contribution in [3.63, 3.8) is 0 Å². The monoisotopic (exact) mass is 450 g/mol. The van der Waals surface area contributed by atoms with Crippen LogP contribution in [0.15, 0.2) is 24.4 Å². The molecule has 0 bridgehead atoms. The summed E-state index contributed by atoms with van der Waals surface area (Å²) in [4.78, 5) is 31.7. The molecule has 10 heteroatoms. The van der Waals surface area contributed by atoms with E-state index in [1.54, 1.807) is 20.8 Å². The summed E-state index contributed by atoms with van der Waals surface area (Å²) < 4.78 is 46.5. The van der Waals surface area contributed by atoms with Gasteiger partial charge in [0.2, 0.25) is 17.8 Å². The van der Waals surface area contributed by atoms with Gasteiger partial charge in [-0.3, -0.25) is 4.79 Å². The molecule has 2 unspecified atom stereocenters. The van der Waals surface area contributed by atoms with E-state index in [2.05, 4.69) is 20.6 Å². The molecule has 1 saturated carbocycles. The smallest absolute Gasteiger partial charge is 0.407 e. The Morgan fingerprint density at radius 1 is 1.12 bits per heavy atom. The Kier molecular flexibility index (Phi) is 7.00. The number of aromatic nitrogens is 2. The van der Waals surface area contributed by atoms with Gasteiger partial charge in [-0.25, -0.2) is 14.2 Å². The minimum atomic E-state index is -1.17. The number of anilines is 1. The Hall–Kier alpha value is -3.17. The molecule has 2 atom stereocenters. The molecule has 2 aromatic heterocycles. The van der Waals surface area contributed by atoms with Gasteiger partial charge in [-0.15, -0.1) is 0 Å². The Morgan fingerprint density at radius 2 is 1.88 bits per heavy atom. The topological polar surface area (TPSA) is 93.2 Å². The minimum Gasteiger partial charge on any atom is -0.444 e. The first kappa shape index (κ1) is 23.5. The number of hydrogen-bond donors (Lipinski definition) is 2. The van der Waals surface area contributed by atoms with Crippen molar-refractivity contribution in [2.45, 2.75) is 58.1 Å². The van der Waals surface area contributed by atoms with E-state index >= 15 is 0 Å². The molecule has 172 valence electrons. The Labute approximate surface area is 183 Å². The van der Waals surface area contributed by atoms with Crippen molar-refractivity contribution >= 4 is 17.8 Å². The van der Waals surface area contributed by atoms with Gasteiger partial charge in [0.25, 0.3) is 0 Å². The first-order valence-electron chi connectivity index (χ1n) is 10.3. The molecule has 2 aromatic rings. The van der Waals surface area contributed by atoms with Gasteiger partial charge in [0.15, 0.2) is 0 Å². The van der Waals surface area contributed by atoms with Crippen molar-refractivity contribution in [2.75, 3.05) is 5.32 Å². The highest BCUT2D eigenvalue weighted by Gasteiger charge is 2.29. The number of ether oxygens (including phenoxy) is 1. The second-order valence-corrected chi connectivity index (χ2v) is 8.72. The van der Waals surface area contributed by atoms with Crippen LogP contribution in [0.1, 0.15) is 46.5 Å². The van der Waals surface area contributed by atoms with E-state index in [4.69, 9.17) is 4.74 Å². The normalized spacial score (nSPS) is 18.7. The predicted molar refractivity (Wildman–Crippen MR) is 111 cm³/mol. The van der Waals surface area contributed by atoms with Crippen molar-refractivity contribution in [1.82, 2.24) is 15.3 Å².